The Kier molecular flexibility index (Phi) is 8.31. The molecule has 0 saturated heterocycles. The standard InChI is InChI=1S/C17H29NO/c1-3-4-5-6-7-8-11-14-19-17-13-10-9-12-16(17)15(2)18/h9-10,12-13,15H,3-8,11,14,18H2,1-2H3/t15-/m1/s1. The third-order valence-corrected chi connectivity index (χ3v) is 3.42. The zero-order valence-corrected chi connectivity index (χ0v) is 12.5. The van der Waals surface area contributed by atoms with Crippen LogP contribution < -0.4 is 10.5 Å². The Morgan fingerprint density at radius 1 is 1.00 bits per heavy atom. The van der Waals surface area contributed by atoms with E-state index in [0.717, 1.165) is 24.3 Å². The molecule has 0 aromatic heterocycles. The highest BCUT2D eigenvalue weighted by Crippen LogP contribution is 2.23. The first kappa shape index (κ1) is 16.0. The number of hydrogen-bond donors (Lipinski definition) is 1. The van der Waals surface area contributed by atoms with E-state index in [4.69, 9.17) is 10.5 Å². The Hall–Kier alpha value is -1.02. The number of unbranched alkanes of at least 4 members (excludes halogenated alkanes) is 6. The van der Waals surface area contributed by atoms with Crippen LogP contribution in [0, 0.1) is 0 Å². The number of rotatable bonds is 10. The Morgan fingerprint density at radius 2 is 1.63 bits per heavy atom. The second kappa shape index (κ2) is 9.85. The van der Waals surface area contributed by atoms with E-state index in [2.05, 4.69) is 6.92 Å². The van der Waals surface area contributed by atoms with Gasteiger partial charge in [-0.1, -0.05) is 63.6 Å². The molecule has 0 saturated carbocycles. The van der Waals surface area contributed by atoms with E-state index in [1.165, 1.54) is 38.5 Å². The van der Waals surface area contributed by atoms with Crippen LogP contribution in [0.25, 0.3) is 0 Å². The van der Waals surface area contributed by atoms with E-state index in [1.807, 2.05) is 31.2 Å². The molecule has 1 rings (SSSR count). The summed E-state index contributed by atoms with van der Waals surface area (Å²) in [5.74, 6) is 0.948. The number of benzene rings is 1. The second-order valence-corrected chi connectivity index (χ2v) is 5.30. The molecule has 2 heteroatoms. The van der Waals surface area contributed by atoms with Crippen molar-refractivity contribution in [2.45, 2.75) is 64.8 Å². The van der Waals surface area contributed by atoms with Crippen molar-refractivity contribution in [3.63, 3.8) is 0 Å². The van der Waals surface area contributed by atoms with Crippen LogP contribution in [0.3, 0.4) is 0 Å². The highest BCUT2D eigenvalue weighted by atomic mass is 16.5. The number of para-hydroxylation sites is 1. The minimum Gasteiger partial charge on any atom is -0.493 e. The minimum absolute atomic E-state index is 0.0326. The van der Waals surface area contributed by atoms with E-state index in [1.54, 1.807) is 0 Å². The molecule has 1 aromatic rings. The fraction of sp³-hybridized carbons (Fsp3) is 0.647. The van der Waals surface area contributed by atoms with Gasteiger partial charge in [0.2, 0.25) is 0 Å². The van der Waals surface area contributed by atoms with Crippen LogP contribution in [0.5, 0.6) is 5.75 Å². The summed E-state index contributed by atoms with van der Waals surface area (Å²) in [6.45, 7) is 5.05. The smallest absolute Gasteiger partial charge is 0.124 e. The molecule has 0 aliphatic carbocycles. The maximum atomic E-state index is 5.93. The Morgan fingerprint density at radius 3 is 2.32 bits per heavy atom. The lowest BCUT2D eigenvalue weighted by atomic mass is 10.1. The molecule has 0 bridgehead atoms. The quantitative estimate of drug-likeness (QED) is 0.613. The normalized spacial score (nSPS) is 12.4. The van der Waals surface area contributed by atoms with Gasteiger partial charge in [-0.3, -0.25) is 0 Å². The van der Waals surface area contributed by atoms with E-state index in [9.17, 15) is 0 Å². The lowest BCUT2D eigenvalue weighted by molar-refractivity contribution is 0.300. The Labute approximate surface area is 118 Å². The molecule has 0 spiro atoms. The van der Waals surface area contributed by atoms with Crippen LogP contribution in [0.4, 0.5) is 0 Å². The summed E-state index contributed by atoms with van der Waals surface area (Å²) in [4.78, 5) is 0. The van der Waals surface area contributed by atoms with Gasteiger partial charge < -0.3 is 10.5 Å². The summed E-state index contributed by atoms with van der Waals surface area (Å²) < 4.78 is 5.85. The van der Waals surface area contributed by atoms with Gasteiger partial charge in [0.1, 0.15) is 5.75 Å². The molecule has 1 atom stereocenters. The summed E-state index contributed by atoms with van der Waals surface area (Å²) in [5, 5.41) is 0. The third-order valence-electron chi connectivity index (χ3n) is 3.42. The van der Waals surface area contributed by atoms with Crippen molar-refractivity contribution in [2.24, 2.45) is 5.73 Å². The van der Waals surface area contributed by atoms with Gasteiger partial charge in [0.25, 0.3) is 0 Å². The van der Waals surface area contributed by atoms with Gasteiger partial charge in [-0.15, -0.1) is 0 Å². The molecule has 0 heterocycles. The van der Waals surface area contributed by atoms with Crippen LogP contribution in [-0.2, 0) is 0 Å². The molecule has 19 heavy (non-hydrogen) atoms. The molecule has 108 valence electrons. The minimum atomic E-state index is 0.0326. The first-order valence-corrected chi connectivity index (χ1v) is 7.73. The average molecular weight is 263 g/mol. The first-order valence-electron chi connectivity index (χ1n) is 7.73. The lowest BCUT2D eigenvalue weighted by Crippen LogP contribution is -2.08. The zero-order chi connectivity index (χ0) is 13.9. The van der Waals surface area contributed by atoms with E-state index in [0.29, 0.717) is 0 Å². The largest absolute Gasteiger partial charge is 0.493 e. The van der Waals surface area contributed by atoms with Crippen LogP contribution >= 0.6 is 0 Å². The van der Waals surface area contributed by atoms with Crippen LogP contribution in [0.15, 0.2) is 24.3 Å². The fourth-order valence-electron chi connectivity index (χ4n) is 2.23. The SMILES string of the molecule is CCCCCCCCCOc1ccccc1[C@@H](C)N. The highest BCUT2D eigenvalue weighted by Gasteiger charge is 2.06. The zero-order valence-electron chi connectivity index (χ0n) is 12.5. The molecule has 2 nitrogen and oxygen atoms in total. The topological polar surface area (TPSA) is 35.2 Å². The van der Waals surface area contributed by atoms with Crippen molar-refractivity contribution in [3.05, 3.63) is 29.8 Å². The molecule has 0 radical (unpaired) electrons. The van der Waals surface area contributed by atoms with Crippen molar-refractivity contribution in [3.8, 4) is 5.75 Å². The van der Waals surface area contributed by atoms with Crippen molar-refractivity contribution in [2.75, 3.05) is 6.61 Å². The average Bonchev–Trinajstić information content (AvgIpc) is 2.42. The Bertz CT molecular complexity index is 336. The fourth-order valence-corrected chi connectivity index (χ4v) is 2.23. The van der Waals surface area contributed by atoms with Crippen molar-refractivity contribution < 1.29 is 4.74 Å². The van der Waals surface area contributed by atoms with Crippen molar-refractivity contribution >= 4 is 0 Å². The van der Waals surface area contributed by atoms with Gasteiger partial charge in [-0.25, -0.2) is 0 Å². The molecule has 0 aliphatic rings. The van der Waals surface area contributed by atoms with Gasteiger partial charge in [-0.05, 0) is 19.4 Å². The monoisotopic (exact) mass is 263 g/mol. The predicted molar refractivity (Wildman–Crippen MR) is 82.5 cm³/mol. The van der Waals surface area contributed by atoms with Crippen LogP contribution in [0.2, 0.25) is 0 Å². The van der Waals surface area contributed by atoms with Gasteiger partial charge in [-0.2, -0.15) is 0 Å². The highest BCUT2D eigenvalue weighted by molar-refractivity contribution is 5.35. The van der Waals surface area contributed by atoms with Gasteiger partial charge in [0.05, 0.1) is 6.61 Å². The molecule has 0 fully saturated rings. The number of ether oxygens (including phenoxy) is 1. The van der Waals surface area contributed by atoms with Gasteiger partial charge in [0.15, 0.2) is 0 Å². The second-order valence-electron chi connectivity index (χ2n) is 5.30. The molecular formula is C17H29NO. The summed E-state index contributed by atoms with van der Waals surface area (Å²) >= 11 is 0. The van der Waals surface area contributed by atoms with Crippen molar-refractivity contribution in [1.29, 1.82) is 0 Å². The lowest BCUT2D eigenvalue weighted by Gasteiger charge is -2.13. The summed E-state index contributed by atoms with van der Waals surface area (Å²) in [6, 6.07) is 8.11. The molecule has 0 amide bonds. The number of nitrogens with two attached hydrogens (primary N) is 1. The number of hydrogen-bond acceptors (Lipinski definition) is 2. The van der Waals surface area contributed by atoms with Crippen molar-refractivity contribution in [1.82, 2.24) is 0 Å². The predicted octanol–water partition coefficient (Wildman–Crippen LogP) is 4.84. The van der Waals surface area contributed by atoms with E-state index in [-0.39, 0.29) is 6.04 Å². The van der Waals surface area contributed by atoms with E-state index < -0.39 is 0 Å². The Balaban J connectivity index is 2.16. The molecule has 2 N–H and O–H groups in total. The van der Waals surface area contributed by atoms with Gasteiger partial charge >= 0.3 is 0 Å². The summed E-state index contributed by atoms with van der Waals surface area (Å²) in [7, 11) is 0. The van der Waals surface area contributed by atoms with Gasteiger partial charge in [0, 0.05) is 11.6 Å². The third kappa shape index (κ3) is 6.63. The summed E-state index contributed by atoms with van der Waals surface area (Å²) in [6.07, 6.45) is 9.17. The maximum Gasteiger partial charge on any atom is 0.124 e. The summed E-state index contributed by atoms with van der Waals surface area (Å²) in [5.41, 5.74) is 7.04. The molecule has 0 unspecified atom stereocenters. The molecule has 1 aromatic carbocycles. The molecule has 0 aliphatic heterocycles. The van der Waals surface area contributed by atoms with Crippen LogP contribution in [-0.4, -0.2) is 6.61 Å². The first-order chi connectivity index (χ1) is 9.25. The maximum absolute atomic E-state index is 5.93. The van der Waals surface area contributed by atoms with Crippen LogP contribution in [0.1, 0.15) is 70.4 Å². The van der Waals surface area contributed by atoms with E-state index >= 15 is 0 Å². The molecular weight excluding hydrogens is 234 g/mol.